The summed E-state index contributed by atoms with van der Waals surface area (Å²) in [6, 6.07) is 10.3. The minimum Gasteiger partial charge on any atom is -0.497 e. The largest absolute Gasteiger partial charge is 0.497 e. The van der Waals surface area contributed by atoms with Crippen molar-refractivity contribution in [2.45, 2.75) is 37.8 Å². The van der Waals surface area contributed by atoms with Crippen LogP contribution in [0.15, 0.2) is 52.5 Å². The highest BCUT2D eigenvalue weighted by Crippen LogP contribution is 2.22. The fourth-order valence-electron chi connectivity index (χ4n) is 3.05. The van der Waals surface area contributed by atoms with E-state index in [9.17, 15) is 9.90 Å². The summed E-state index contributed by atoms with van der Waals surface area (Å²) < 4.78 is 8.01. The van der Waals surface area contributed by atoms with Gasteiger partial charge in [0.2, 0.25) is 5.96 Å². The first-order valence-electron chi connectivity index (χ1n) is 9.86. The molecule has 0 aliphatic carbocycles. The summed E-state index contributed by atoms with van der Waals surface area (Å²) >= 11 is 1.17. The Balaban J connectivity index is 2.32. The van der Waals surface area contributed by atoms with Crippen LogP contribution in [0.2, 0.25) is 0 Å². The van der Waals surface area contributed by atoms with Crippen LogP contribution in [0.5, 0.6) is 5.75 Å². The van der Waals surface area contributed by atoms with Crippen molar-refractivity contribution in [2.24, 2.45) is 10.9 Å². The first-order chi connectivity index (χ1) is 14.9. The van der Waals surface area contributed by atoms with Crippen LogP contribution >= 0.6 is 11.9 Å². The molecule has 0 radical (unpaired) electrons. The molecule has 0 spiro atoms. The topological polar surface area (TPSA) is 111 Å². The third-order valence-electron chi connectivity index (χ3n) is 4.52. The number of carbonyl (C=O) groups is 1. The van der Waals surface area contributed by atoms with Crippen molar-refractivity contribution in [3.05, 3.63) is 53.9 Å². The number of aliphatic hydroxyl groups excluding tert-OH is 1. The molecule has 0 aliphatic rings. The molecule has 8 nitrogen and oxygen atoms in total. The Labute approximate surface area is 187 Å². The molecule has 1 amide bonds. The second kappa shape index (κ2) is 12.1. The quantitative estimate of drug-likeness (QED) is 0.295. The van der Waals surface area contributed by atoms with Crippen molar-refractivity contribution >= 4 is 30.5 Å². The van der Waals surface area contributed by atoms with Crippen molar-refractivity contribution in [3.63, 3.8) is 0 Å². The molecule has 0 saturated carbocycles. The Bertz CT molecular complexity index is 906. The van der Waals surface area contributed by atoms with E-state index < -0.39 is 0 Å². The average Bonchev–Trinajstić information content (AvgIpc) is 2.79. The first kappa shape index (κ1) is 24.4. The number of aromatic nitrogens is 1. The highest BCUT2D eigenvalue weighted by atomic mass is 32.2. The summed E-state index contributed by atoms with van der Waals surface area (Å²) in [5.74, 6) is 0.687. The second-order valence-electron chi connectivity index (χ2n) is 7.32. The number of methoxy groups -OCH3 is 1. The van der Waals surface area contributed by atoms with Crippen molar-refractivity contribution in [1.29, 1.82) is 5.41 Å². The fourth-order valence-corrected chi connectivity index (χ4v) is 3.66. The molecule has 0 bridgehead atoms. The van der Waals surface area contributed by atoms with E-state index in [2.05, 4.69) is 35.3 Å². The molecule has 1 aromatic carbocycles. The zero-order valence-electron chi connectivity index (χ0n) is 18.0. The molecule has 1 atom stereocenters. The third kappa shape index (κ3) is 7.37. The summed E-state index contributed by atoms with van der Waals surface area (Å²) in [5, 5.41) is 17.6. The number of ether oxygens (including phenoxy) is 1. The Kier molecular flexibility index (Phi) is 9.48. The number of hydrogen-bond acceptors (Lipinski definition) is 6. The van der Waals surface area contributed by atoms with Crippen LogP contribution in [0.3, 0.4) is 0 Å². The van der Waals surface area contributed by atoms with Crippen LogP contribution in [-0.4, -0.2) is 53.3 Å². The zero-order valence-corrected chi connectivity index (χ0v) is 18.9. The number of guanidine groups is 1. The second-order valence-corrected chi connectivity index (χ2v) is 8.20. The Morgan fingerprint density at radius 1 is 1.39 bits per heavy atom. The summed E-state index contributed by atoms with van der Waals surface area (Å²) in [5.41, 5.74) is 1.16. The maximum atomic E-state index is 13.5. The number of aliphatic hydroxyl groups is 1. The van der Waals surface area contributed by atoms with Crippen molar-refractivity contribution < 1.29 is 14.6 Å². The van der Waals surface area contributed by atoms with Crippen LogP contribution in [-0.2, 0) is 6.54 Å². The summed E-state index contributed by atoms with van der Waals surface area (Å²) in [6.07, 6.45) is 2.29. The summed E-state index contributed by atoms with van der Waals surface area (Å²) in [6.45, 7) is 7.51. The van der Waals surface area contributed by atoms with Gasteiger partial charge in [-0.15, -0.1) is 0 Å². The van der Waals surface area contributed by atoms with E-state index in [-0.39, 0.29) is 31.1 Å². The maximum absolute atomic E-state index is 13.5. The number of amides is 1. The fraction of sp³-hybridized carbons (Fsp3) is 0.364. The normalized spacial score (nSPS) is 11.6. The number of rotatable bonds is 10. The van der Waals surface area contributed by atoms with Gasteiger partial charge in [0.1, 0.15) is 5.75 Å². The molecule has 31 heavy (non-hydrogen) atoms. The molecule has 0 aliphatic heterocycles. The number of aliphatic imine (C=N–C) groups is 1. The number of nitrogens with zero attached hydrogens (tertiary/aromatic N) is 3. The molecular formula is C22H29N5O3S. The minimum atomic E-state index is -0.354. The average molecular weight is 444 g/mol. The lowest BCUT2D eigenvalue weighted by Crippen LogP contribution is -2.43. The van der Waals surface area contributed by atoms with Gasteiger partial charge in [0.05, 0.1) is 32.0 Å². The Morgan fingerprint density at radius 3 is 2.81 bits per heavy atom. The smallest absolute Gasteiger partial charge is 0.254 e. The van der Waals surface area contributed by atoms with Gasteiger partial charge in [0.15, 0.2) is 0 Å². The molecule has 9 heteroatoms. The highest BCUT2D eigenvalue weighted by molar-refractivity contribution is 7.98. The molecular weight excluding hydrogens is 414 g/mol. The molecule has 0 fully saturated rings. The highest BCUT2D eigenvalue weighted by Gasteiger charge is 2.26. The third-order valence-corrected chi connectivity index (χ3v) is 5.30. The predicted octanol–water partition coefficient (Wildman–Crippen LogP) is 3.37. The van der Waals surface area contributed by atoms with E-state index in [0.29, 0.717) is 29.3 Å². The van der Waals surface area contributed by atoms with Gasteiger partial charge in [0, 0.05) is 22.7 Å². The Morgan fingerprint density at radius 2 is 2.16 bits per heavy atom. The summed E-state index contributed by atoms with van der Waals surface area (Å²) in [4.78, 5) is 23.8. The van der Waals surface area contributed by atoms with E-state index in [1.807, 2.05) is 6.07 Å². The molecule has 2 aromatic rings. The summed E-state index contributed by atoms with van der Waals surface area (Å²) in [7, 11) is 1.58. The molecule has 0 saturated heterocycles. The van der Waals surface area contributed by atoms with Crippen LogP contribution < -0.4 is 9.46 Å². The minimum absolute atomic E-state index is 0.0651. The monoisotopic (exact) mass is 443 g/mol. The standard InChI is InChI=1S/C22H29N5O3S/c1-15(2)10-18(14-28)27(13-17-12-19(30-4)8-9-25-17)21(29)16-6-5-7-20(11-16)31-26-22(23)24-3/h5-9,11-12,15,18,28H,3,10,13-14H2,1-2,4H3,(H2,23,26)/t18-/m1/s1. The molecule has 2 rings (SSSR count). The first-order valence-corrected chi connectivity index (χ1v) is 10.7. The number of carbonyl (C=O) groups excluding carboxylic acids is 1. The van der Waals surface area contributed by atoms with E-state index in [4.69, 9.17) is 10.1 Å². The van der Waals surface area contributed by atoms with Crippen LogP contribution in [0.25, 0.3) is 0 Å². The van der Waals surface area contributed by atoms with Gasteiger partial charge < -0.3 is 14.7 Å². The Hall–Kier alpha value is -2.91. The van der Waals surface area contributed by atoms with Gasteiger partial charge >= 0.3 is 0 Å². The number of pyridine rings is 1. The maximum Gasteiger partial charge on any atom is 0.254 e. The SMILES string of the molecule is C=NC(=N)NSc1cccc(C(=O)N(Cc2cc(OC)ccn2)[C@@H](CO)CC(C)C)c1. The van der Waals surface area contributed by atoms with Gasteiger partial charge in [-0.3, -0.25) is 19.9 Å². The number of hydrogen-bond donors (Lipinski definition) is 3. The van der Waals surface area contributed by atoms with Gasteiger partial charge in [-0.25, -0.2) is 4.99 Å². The van der Waals surface area contributed by atoms with Crippen molar-refractivity contribution in [3.8, 4) is 5.75 Å². The molecule has 1 heterocycles. The van der Waals surface area contributed by atoms with Crippen molar-refractivity contribution in [2.75, 3.05) is 13.7 Å². The predicted molar refractivity (Wildman–Crippen MR) is 124 cm³/mol. The van der Waals surface area contributed by atoms with E-state index >= 15 is 0 Å². The van der Waals surface area contributed by atoms with Gasteiger partial charge in [0.25, 0.3) is 5.91 Å². The molecule has 3 N–H and O–H groups in total. The van der Waals surface area contributed by atoms with Crippen LogP contribution in [0.1, 0.15) is 36.3 Å². The van der Waals surface area contributed by atoms with Gasteiger partial charge in [-0.1, -0.05) is 19.9 Å². The van der Waals surface area contributed by atoms with Crippen LogP contribution in [0, 0.1) is 11.3 Å². The van der Waals surface area contributed by atoms with E-state index in [1.54, 1.807) is 48.5 Å². The lowest BCUT2D eigenvalue weighted by atomic mass is 10.0. The molecule has 166 valence electrons. The molecule has 1 aromatic heterocycles. The lowest BCUT2D eigenvalue weighted by molar-refractivity contribution is 0.0529. The lowest BCUT2D eigenvalue weighted by Gasteiger charge is -2.32. The molecule has 0 unspecified atom stereocenters. The van der Waals surface area contributed by atoms with E-state index in [0.717, 1.165) is 4.90 Å². The van der Waals surface area contributed by atoms with Crippen LogP contribution in [0.4, 0.5) is 0 Å². The number of nitrogens with one attached hydrogen (secondary N) is 2. The van der Waals surface area contributed by atoms with E-state index in [1.165, 1.54) is 11.9 Å². The van der Waals surface area contributed by atoms with Gasteiger partial charge in [-0.2, -0.15) is 0 Å². The number of benzene rings is 1. The zero-order chi connectivity index (χ0) is 22.8. The van der Waals surface area contributed by atoms with Crippen molar-refractivity contribution in [1.82, 2.24) is 14.6 Å². The van der Waals surface area contributed by atoms with Gasteiger partial charge in [-0.05, 0) is 55.3 Å².